The fraction of sp³-hybridized carbons (Fsp3) is 0.333. The van der Waals surface area contributed by atoms with E-state index < -0.39 is 0 Å². The number of carbonyl (C=O) groups excluding carboxylic acids is 1. The van der Waals surface area contributed by atoms with E-state index in [0.717, 1.165) is 0 Å². The van der Waals surface area contributed by atoms with Crippen molar-refractivity contribution in [3.63, 3.8) is 0 Å². The van der Waals surface area contributed by atoms with Crippen LogP contribution in [0.25, 0.3) is 0 Å². The first kappa shape index (κ1) is 7.15. The minimum absolute atomic E-state index is 0.329. The van der Waals surface area contributed by atoms with E-state index in [-0.39, 0.29) is 0 Å². The Labute approximate surface area is 48.5 Å². The van der Waals surface area contributed by atoms with Gasteiger partial charge >= 0.3 is 0 Å². The van der Waals surface area contributed by atoms with Crippen LogP contribution in [0.5, 0.6) is 0 Å². The van der Waals surface area contributed by atoms with Crippen LogP contribution in [0, 0.1) is 0 Å². The Morgan fingerprint density at radius 1 is 1.62 bits per heavy atom. The van der Waals surface area contributed by atoms with E-state index in [9.17, 15) is 4.79 Å². The molecule has 0 aliphatic carbocycles. The molecule has 0 N–H and O–H groups in total. The van der Waals surface area contributed by atoms with E-state index in [1.165, 1.54) is 6.08 Å². The van der Waals surface area contributed by atoms with Gasteiger partial charge in [0.15, 0.2) is 0 Å². The zero-order chi connectivity index (χ0) is 6.24. The Bertz CT molecular complexity index is 101. The summed E-state index contributed by atoms with van der Waals surface area (Å²) in [5.74, 6) is 1.59. The van der Waals surface area contributed by atoms with Gasteiger partial charge in [-0.25, -0.2) is 4.79 Å². The van der Waals surface area contributed by atoms with Crippen molar-refractivity contribution in [2.75, 3.05) is 13.2 Å². The van der Waals surface area contributed by atoms with E-state index in [1.54, 1.807) is 12.0 Å². The standard InChI is InChI=1S/C6H8O2/c1-2-5-8-6-3-4-7/h2-3H,1,5-6H2. The molecule has 0 radical (unpaired) electrons. The topological polar surface area (TPSA) is 26.3 Å². The number of hydrogen-bond acceptors (Lipinski definition) is 2. The Balaban J connectivity index is 2.93. The predicted octanol–water partition coefficient (Wildman–Crippen LogP) is 0.577. The van der Waals surface area contributed by atoms with Gasteiger partial charge in [0.2, 0.25) is 0 Å². The summed E-state index contributed by atoms with van der Waals surface area (Å²) in [6.07, 6.45) is 2.90. The molecule has 0 aromatic carbocycles. The molecular weight excluding hydrogens is 104 g/mol. The molecule has 0 aliphatic heterocycles. The minimum atomic E-state index is 0.329. The molecule has 0 spiro atoms. The molecule has 8 heavy (non-hydrogen) atoms. The summed E-state index contributed by atoms with van der Waals surface area (Å²) >= 11 is 0. The molecule has 0 heterocycles. The van der Waals surface area contributed by atoms with Crippen LogP contribution in [0.1, 0.15) is 0 Å². The lowest BCUT2D eigenvalue weighted by Crippen LogP contribution is -1.88. The molecule has 2 nitrogen and oxygen atoms in total. The van der Waals surface area contributed by atoms with Crippen LogP contribution in [0.4, 0.5) is 0 Å². The van der Waals surface area contributed by atoms with E-state index in [2.05, 4.69) is 6.58 Å². The second-order valence-electron chi connectivity index (χ2n) is 1.15. The lowest BCUT2D eigenvalue weighted by Gasteiger charge is -1.88. The average molecular weight is 112 g/mol. The van der Waals surface area contributed by atoms with Crippen molar-refractivity contribution in [2.45, 2.75) is 0 Å². The van der Waals surface area contributed by atoms with Gasteiger partial charge in [-0.05, 0) is 0 Å². The van der Waals surface area contributed by atoms with Crippen LogP contribution in [0.15, 0.2) is 18.7 Å². The van der Waals surface area contributed by atoms with Gasteiger partial charge in [0.25, 0.3) is 0 Å². The zero-order valence-electron chi connectivity index (χ0n) is 4.59. The first-order valence-corrected chi connectivity index (χ1v) is 2.29. The molecule has 2 heteroatoms. The van der Waals surface area contributed by atoms with Crippen molar-refractivity contribution < 1.29 is 9.53 Å². The summed E-state index contributed by atoms with van der Waals surface area (Å²) in [4.78, 5) is 9.48. The van der Waals surface area contributed by atoms with Gasteiger partial charge in [-0.3, -0.25) is 0 Å². The molecule has 0 amide bonds. The first-order chi connectivity index (χ1) is 3.91. The van der Waals surface area contributed by atoms with Crippen LogP contribution in [-0.2, 0) is 9.53 Å². The van der Waals surface area contributed by atoms with Crippen molar-refractivity contribution in [3.8, 4) is 0 Å². The predicted molar refractivity (Wildman–Crippen MR) is 31.3 cm³/mol. The summed E-state index contributed by atoms with van der Waals surface area (Å²) < 4.78 is 4.79. The molecule has 0 fully saturated rings. The maximum Gasteiger partial charge on any atom is 0.122 e. The highest BCUT2D eigenvalue weighted by atomic mass is 16.5. The Kier molecular flexibility index (Phi) is 5.50. The third-order valence-corrected chi connectivity index (χ3v) is 0.520. The van der Waals surface area contributed by atoms with Gasteiger partial charge in [-0.1, -0.05) is 6.08 Å². The van der Waals surface area contributed by atoms with Crippen LogP contribution in [0.2, 0.25) is 0 Å². The van der Waals surface area contributed by atoms with Gasteiger partial charge < -0.3 is 4.74 Å². The van der Waals surface area contributed by atoms with Gasteiger partial charge in [-0.15, -0.1) is 6.58 Å². The molecule has 0 saturated heterocycles. The summed E-state index contributed by atoms with van der Waals surface area (Å²) in [5, 5.41) is 0. The monoisotopic (exact) mass is 112 g/mol. The lowest BCUT2D eigenvalue weighted by molar-refractivity contribution is 0.194. The third kappa shape index (κ3) is 5.15. The number of rotatable bonds is 4. The molecule has 0 aliphatic rings. The second kappa shape index (κ2) is 6.15. The average Bonchev–Trinajstić information content (AvgIpc) is 1.81. The number of ether oxygens (including phenoxy) is 1. The van der Waals surface area contributed by atoms with E-state index in [4.69, 9.17) is 4.74 Å². The Hall–Kier alpha value is -0.850. The Morgan fingerprint density at radius 3 is 2.88 bits per heavy atom. The highest BCUT2D eigenvalue weighted by Gasteiger charge is 1.73. The molecule has 0 saturated carbocycles. The van der Waals surface area contributed by atoms with Gasteiger partial charge in [0, 0.05) is 6.08 Å². The van der Waals surface area contributed by atoms with Crippen molar-refractivity contribution in [1.82, 2.24) is 0 Å². The van der Waals surface area contributed by atoms with Crippen LogP contribution in [-0.4, -0.2) is 19.2 Å². The zero-order valence-corrected chi connectivity index (χ0v) is 4.59. The summed E-state index contributed by atoms with van der Waals surface area (Å²) in [5.41, 5.74) is 0. The maximum atomic E-state index is 9.48. The summed E-state index contributed by atoms with van der Waals surface area (Å²) in [6, 6.07) is 0. The molecule has 0 rings (SSSR count). The lowest BCUT2D eigenvalue weighted by atomic mass is 10.6. The fourth-order valence-electron chi connectivity index (χ4n) is 0.244. The van der Waals surface area contributed by atoms with Gasteiger partial charge in [-0.2, -0.15) is 0 Å². The molecule has 44 valence electrons. The second-order valence-corrected chi connectivity index (χ2v) is 1.15. The molecule has 0 aromatic rings. The summed E-state index contributed by atoms with van der Waals surface area (Å²) in [7, 11) is 0. The molecule has 0 bridgehead atoms. The quantitative estimate of drug-likeness (QED) is 0.302. The van der Waals surface area contributed by atoms with Gasteiger partial charge in [0.05, 0.1) is 13.2 Å². The maximum absolute atomic E-state index is 9.48. The molecule has 0 unspecified atom stereocenters. The van der Waals surface area contributed by atoms with Crippen LogP contribution in [0.3, 0.4) is 0 Å². The fourth-order valence-corrected chi connectivity index (χ4v) is 0.244. The first-order valence-electron chi connectivity index (χ1n) is 2.29. The van der Waals surface area contributed by atoms with Crippen LogP contribution < -0.4 is 0 Å². The minimum Gasteiger partial charge on any atom is -0.373 e. The Morgan fingerprint density at radius 2 is 2.38 bits per heavy atom. The van der Waals surface area contributed by atoms with Crippen molar-refractivity contribution in [3.05, 3.63) is 18.7 Å². The van der Waals surface area contributed by atoms with Crippen molar-refractivity contribution >= 4 is 5.94 Å². The normalized spacial score (nSPS) is 7.50. The van der Waals surface area contributed by atoms with E-state index in [1.807, 2.05) is 0 Å². The SMILES string of the molecule is C=CCOCC=C=O. The third-order valence-electron chi connectivity index (χ3n) is 0.520. The van der Waals surface area contributed by atoms with E-state index in [0.29, 0.717) is 13.2 Å². The number of hydrogen-bond donors (Lipinski definition) is 0. The molecule has 0 atom stereocenters. The highest BCUT2D eigenvalue weighted by molar-refractivity contribution is 5.44. The summed E-state index contributed by atoms with van der Waals surface area (Å²) in [6.45, 7) is 4.23. The molecule has 0 aromatic heterocycles. The van der Waals surface area contributed by atoms with Crippen molar-refractivity contribution in [1.29, 1.82) is 0 Å². The van der Waals surface area contributed by atoms with Crippen molar-refractivity contribution in [2.24, 2.45) is 0 Å². The molecular formula is C6H8O2. The van der Waals surface area contributed by atoms with Crippen LogP contribution >= 0.6 is 0 Å². The smallest absolute Gasteiger partial charge is 0.122 e. The van der Waals surface area contributed by atoms with E-state index >= 15 is 0 Å². The largest absolute Gasteiger partial charge is 0.373 e. The highest BCUT2D eigenvalue weighted by Crippen LogP contribution is 1.72. The van der Waals surface area contributed by atoms with Gasteiger partial charge in [0.1, 0.15) is 5.94 Å².